The summed E-state index contributed by atoms with van der Waals surface area (Å²) in [5.74, 6) is -1.66. The zero-order valence-corrected chi connectivity index (χ0v) is 18.1. The molecule has 0 atom stereocenters. The predicted molar refractivity (Wildman–Crippen MR) is 122 cm³/mol. The summed E-state index contributed by atoms with van der Waals surface area (Å²) in [5, 5.41) is 2.75. The highest BCUT2D eigenvalue weighted by Crippen LogP contribution is 2.34. The monoisotopic (exact) mass is 512 g/mol. The molecule has 5 nitrogen and oxygen atoms in total. The number of halogens is 2. The van der Waals surface area contributed by atoms with Gasteiger partial charge in [0.2, 0.25) is 0 Å². The molecule has 0 unspecified atom stereocenters. The zero-order chi connectivity index (χ0) is 20.7. The van der Waals surface area contributed by atoms with E-state index in [1.54, 1.807) is 36.4 Å². The molecule has 0 aliphatic carbocycles. The van der Waals surface area contributed by atoms with Crippen molar-refractivity contribution in [2.24, 2.45) is 0 Å². The van der Waals surface area contributed by atoms with Crippen LogP contribution in [0.5, 0.6) is 0 Å². The molecule has 0 saturated carbocycles. The van der Waals surface area contributed by atoms with Gasteiger partial charge in [0.25, 0.3) is 0 Å². The van der Waals surface area contributed by atoms with E-state index in [9.17, 15) is 9.59 Å². The van der Waals surface area contributed by atoms with Crippen LogP contribution >= 0.6 is 31.9 Å². The molecule has 0 spiro atoms. The maximum atomic E-state index is 12.9. The molecule has 0 aliphatic rings. The fourth-order valence-corrected chi connectivity index (χ4v) is 4.53. The largest absolute Gasteiger partial charge is 0.398 e. The Bertz CT molecular complexity index is 1220. The van der Waals surface area contributed by atoms with Crippen LogP contribution in [0.25, 0.3) is 21.5 Å². The van der Waals surface area contributed by atoms with Crippen LogP contribution in [0.15, 0.2) is 69.6 Å². The van der Waals surface area contributed by atoms with E-state index in [0.29, 0.717) is 10.8 Å². The molecule has 0 heterocycles. The third-order valence-electron chi connectivity index (χ3n) is 4.64. The molecule has 4 N–H and O–H groups in total. The van der Waals surface area contributed by atoms with Gasteiger partial charge in [0, 0.05) is 20.3 Å². The maximum absolute atomic E-state index is 12.9. The van der Waals surface area contributed by atoms with E-state index in [2.05, 4.69) is 31.9 Å². The first kappa shape index (κ1) is 19.4. The molecule has 0 aliphatic heterocycles. The minimum Gasteiger partial charge on any atom is -0.398 e. The van der Waals surface area contributed by atoms with Crippen molar-refractivity contribution in [2.75, 3.05) is 11.5 Å². The summed E-state index contributed by atoms with van der Waals surface area (Å²) in [4.78, 5) is 25.8. The number of carbonyl (C=O) groups is 2. The van der Waals surface area contributed by atoms with Crippen LogP contribution in [0, 0.1) is 0 Å². The number of rotatable bonds is 2. The van der Waals surface area contributed by atoms with Crippen LogP contribution in [-0.2, 0) is 4.74 Å². The Morgan fingerprint density at radius 3 is 1.38 bits per heavy atom. The first-order chi connectivity index (χ1) is 13.9. The average Bonchev–Trinajstić information content (AvgIpc) is 2.68. The van der Waals surface area contributed by atoms with Gasteiger partial charge >= 0.3 is 11.9 Å². The molecule has 29 heavy (non-hydrogen) atoms. The summed E-state index contributed by atoms with van der Waals surface area (Å²) in [5.41, 5.74) is 12.8. The molecule has 4 rings (SSSR count). The molecule has 0 aromatic heterocycles. The first-order valence-electron chi connectivity index (χ1n) is 8.58. The third-order valence-corrected chi connectivity index (χ3v) is 5.96. The molecule has 0 radical (unpaired) electrons. The van der Waals surface area contributed by atoms with Crippen LogP contribution in [0.1, 0.15) is 20.7 Å². The molecule has 0 bridgehead atoms. The van der Waals surface area contributed by atoms with Gasteiger partial charge < -0.3 is 16.2 Å². The fourth-order valence-electron chi connectivity index (χ4n) is 3.34. The normalized spacial score (nSPS) is 11.0. The minimum absolute atomic E-state index is 0.136. The second-order valence-electron chi connectivity index (χ2n) is 6.41. The Morgan fingerprint density at radius 2 is 1.00 bits per heavy atom. The SMILES string of the molecule is Nc1cc(Br)c2ccccc2c1C(=O)OC(=O)c1c(N)cc(Br)c2ccccc12. The zero-order valence-electron chi connectivity index (χ0n) is 14.9. The molecule has 4 aromatic carbocycles. The van der Waals surface area contributed by atoms with Crippen molar-refractivity contribution in [3.05, 3.63) is 80.7 Å². The lowest BCUT2D eigenvalue weighted by molar-refractivity contribution is 0.0402. The van der Waals surface area contributed by atoms with E-state index in [1.165, 1.54) is 0 Å². The number of fused-ring (bicyclic) bond motifs is 2. The van der Waals surface area contributed by atoms with Crippen molar-refractivity contribution < 1.29 is 14.3 Å². The van der Waals surface area contributed by atoms with Gasteiger partial charge in [-0.2, -0.15) is 0 Å². The van der Waals surface area contributed by atoms with Crippen molar-refractivity contribution in [2.45, 2.75) is 0 Å². The minimum atomic E-state index is -0.831. The molecular weight excluding hydrogens is 500 g/mol. The number of benzene rings is 4. The van der Waals surface area contributed by atoms with Gasteiger partial charge in [-0.1, -0.05) is 80.4 Å². The van der Waals surface area contributed by atoms with Gasteiger partial charge in [0.15, 0.2) is 0 Å². The topological polar surface area (TPSA) is 95.4 Å². The average molecular weight is 514 g/mol. The molecule has 0 amide bonds. The van der Waals surface area contributed by atoms with Crippen molar-refractivity contribution in [3.63, 3.8) is 0 Å². The van der Waals surface area contributed by atoms with Gasteiger partial charge in [-0.3, -0.25) is 0 Å². The smallest absolute Gasteiger partial charge is 0.348 e. The summed E-state index contributed by atoms with van der Waals surface area (Å²) >= 11 is 6.88. The van der Waals surface area contributed by atoms with E-state index in [1.807, 2.05) is 24.3 Å². The van der Waals surface area contributed by atoms with Crippen LogP contribution in [-0.4, -0.2) is 11.9 Å². The maximum Gasteiger partial charge on any atom is 0.348 e. The number of nitrogens with two attached hydrogens (primary N) is 2. The number of nitrogen functional groups attached to an aromatic ring is 2. The lowest BCUT2D eigenvalue weighted by Gasteiger charge is -2.13. The Labute approximate surface area is 182 Å². The highest BCUT2D eigenvalue weighted by atomic mass is 79.9. The predicted octanol–water partition coefficient (Wildman–Crippen LogP) is 5.68. The lowest BCUT2D eigenvalue weighted by atomic mass is 10.0. The van der Waals surface area contributed by atoms with Crippen molar-refractivity contribution in [1.82, 2.24) is 0 Å². The summed E-state index contributed by atoms with van der Waals surface area (Å²) in [6.07, 6.45) is 0. The Hall–Kier alpha value is -2.90. The van der Waals surface area contributed by atoms with Gasteiger partial charge in [0.05, 0.1) is 11.1 Å². The van der Waals surface area contributed by atoms with Gasteiger partial charge in [-0.25, -0.2) is 9.59 Å². The van der Waals surface area contributed by atoms with E-state index >= 15 is 0 Å². The molecule has 4 aromatic rings. The van der Waals surface area contributed by atoms with E-state index in [0.717, 1.165) is 19.7 Å². The van der Waals surface area contributed by atoms with Crippen molar-refractivity contribution in [3.8, 4) is 0 Å². The van der Waals surface area contributed by atoms with E-state index in [-0.39, 0.29) is 22.5 Å². The number of hydrogen-bond acceptors (Lipinski definition) is 5. The fraction of sp³-hybridized carbons (Fsp3) is 0. The Balaban J connectivity index is 1.79. The highest BCUT2D eigenvalue weighted by Gasteiger charge is 2.24. The molecule has 7 heteroatoms. The van der Waals surface area contributed by atoms with E-state index in [4.69, 9.17) is 16.2 Å². The first-order valence-corrected chi connectivity index (χ1v) is 10.2. The van der Waals surface area contributed by atoms with Gasteiger partial charge in [-0.05, 0) is 33.7 Å². The summed E-state index contributed by atoms with van der Waals surface area (Å²) in [6, 6.07) is 17.7. The Kier molecular flexibility index (Phi) is 5.02. The highest BCUT2D eigenvalue weighted by molar-refractivity contribution is 9.11. The second kappa shape index (κ2) is 7.50. The summed E-state index contributed by atoms with van der Waals surface area (Å²) in [7, 11) is 0. The molecule has 0 fully saturated rings. The second-order valence-corrected chi connectivity index (χ2v) is 8.12. The molecule has 144 valence electrons. The number of ether oxygens (including phenoxy) is 1. The van der Waals surface area contributed by atoms with Crippen LogP contribution < -0.4 is 11.5 Å². The summed E-state index contributed by atoms with van der Waals surface area (Å²) < 4.78 is 6.71. The Morgan fingerprint density at radius 1 is 0.655 bits per heavy atom. The number of anilines is 2. The van der Waals surface area contributed by atoms with Crippen LogP contribution in [0.4, 0.5) is 11.4 Å². The van der Waals surface area contributed by atoms with E-state index < -0.39 is 11.9 Å². The van der Waals surface area contributed by atoms with Crippen molar-refractivity contribution >= 4 is 76.7 Å². The summed E-state index contributed by atoms with van der Waals surface area (Å²) in [6.45, 7) is 0. The third kappa shape index (κ3) is 3.36. The number of hydrogen-bond donors (Lipinski definition) is 2. The number of carbonyl (C=O) groups excluding carboxylic acids is 2. The molecular formula is C22H14Br2N2O3. The van der Waals surface area contributed by atoms with Gasteiger partial charge in [-0.15, -0.1) is 0 Å². The van der Waals surface area contributed by atoms with Crippen molar-refractivity contribution in [1.29, 1.82) is 0 Å². The molecule has 0 saturated heterocycles. The van der Waals surface area contributed by atoms with Crippen LogP contribution in [0.2, 0.25) is 0 Å². The van der Waals surface area contributed by atoms with Crippen LogP contribution in [0.3, 0.4) is 0 Å². The van der Waals surface area contributed by atoms with Gasteiger partial charge in [0.1, 0.15) is 0 Å². The quantitative estimate of drug-likeness (QED) is 0.204. The lowest BCUT2D eigenvalue weighted by Crippen LogP contribution is -2.16. The standard InChI is InChI=1S/C22H14Br2N2O3/c23-15-9-17(25)19(13-7-3-1-5-11(13)15)21(27)29-22(28)20-14-8-4-2-6-12(14)16(24)10-18(20)26/h1-10H,25-26H2. The number of esters is 2.